The zero-order valence-corrected chi connectivity index (χ0v) is 10.2. The summed E-state index contributed by atoms with van der Waals surface area (Å²) in [6.07, 6.45) is 1.79. The Hall–Kier alpha value is -0.560. The number of hydrazine groups is 1. The predicted octanol–water partition coefficient (Wildman–Crippen LogP) is 1.25. The second kappa shape index (κ2) is 5.50. The lowest BCUT2D eigenvalue weighted by atomic mass is 9.98. The Balaban J connectivity index is 2.49. The van der Waals surface area contributed by atoms with Crippen LogP contribution in [0.4, 0.5) is 0 Å². The predicted molar refractivity (Wildman–Crippen MR) is 60.3 cm³/mol. The fraction of sp³-hybridized carbons (Fsp3) is 0.778. The Labute approximate surface area is 94.1 Å². The van der Waals surface area contributed by atoms with E-state index in [-0.39, 0.29) is 11.6 Å². The molecule has 5 nitrogen and oxygen atoms in total. The van der Waals surface area contributed by atoms with Gasteiger partial charge in [-0.2, -0.15) is 0 Å². The summed E-state index contributed by atoms with van der Waals surface area (Å²) in [5.74, 6) is 5.48. The van der Waals surface area contributed by atoms with Crippen LogP contribution in [0.3, 0.4) is 0 Å². The molecule has 0 radical (unpaired) electrons. The highest BCUT2D eigenvalue weighted by molar-refractivity contribution is 7.03. The Kier molecular flexibility index (Phi) is 4.59. The molecule has 86 valence electrons. The van der Waals surface area contributed by atoms with Crippen molar-refractivity contribution in [3.63, 3.8) is 0 Å². The van der Waals surface area contributed by atoms with Crippen molar-refractivity contribution in [3.8, 4) is 0 Å². The van der Waals surface area contributed by atoms with E-state index in [0.29, 0.717) is 0 Å². The number of nitrogens with zero attached hydrogens (tertiary/aromatic N) is 2. The fourth-order valence-corrected chi connectivity index (χ4v) is 1.74. The van der Waals surface area contributed by atoms with Crippen LogP contribution in [0.1, 0.15) is 38.4 Å². The third kappa shape index (κ3) is 3.83. The van der Waals surface area contributed by atoms with Gasteiger partial charge >= 0.3 is 0 Å². The van der Waals surface area contributed by atoms with Gasteiger partial charge in [0.1, 0.15) is 0 Å². The van der Waals surface area contributed by atoms with Gasteiger partial charge in [-0.1, -0.05) is 4.49 Å². The van der Waals surface area contributed by atoms with Crippen molar-refractivity contribution in [1.29, 1.82) is 0 Å². The van der Waals surface area contributed by atoms with E-state index in [1.165, 1.54) is 11.5 Å². The highest BCUT2D eigenvalue weighted by Crippen LogP contribution is 2.23. The molecule has 0 amide bonds. The number of rotatable bonds is 6. The Bertz CT molecular complexity index is 276. The first-order valence-electron chi connectivity index (χ1n) is 4.87. The molecule has 0 spiro atoms. The maximum atomic E-state index is 5.48. The molecule has 15 heavy (non-hydrogen) atoms. The lowest BCUT2D eigenvalue weighted by molar-refractivity contribution is 0.0116. The van der Waals surface area contributed by atoms with E-state index in [2.05, 4.69) is 28.9 Å². The van der Waals surface area contributed by atoms with E-state index in [0.717, 1.165) is 18.5 Å². The third-order valence-corrected chi connectivity index (χ3v) is 3.05. The normalized spacial score (nSPS) is 14.1. The summed E-state index contributed by atoms with van der Waals surface area (Å²) in [7, 11) is 1.72. The molecule has 1 aromatic heterocycles. The van der Waals surface area contributed by atoms with Crippen molar-refractivity contribution in [3.05, 3.63) is 11.1 Å². The fourth-order valence-electron chi connectivity index (χ4n) is 1.23. The molecule has 0 aliphatic carbocycles. The van der Waals surface area contributed by atoms with Gasteiger partial charge in [0.2, 0.25) is 0 Å². The smallest absolute Gasteiger partial charge is 0.0938 e. The molecule has 0 fully saturated rings. The first-order valence-corrected chi connectivity index (χ1v) is 5.71. The minimum absolute atomic E-state index is 0.0539. The number of aromatic nitrogens is 2. The van der Waals surface area contributed by atoms with Crippen molar-refractivity contribution in [2.24, 2.45) is 5.84 Å². The largest absolute Gasteiger partial charge is 0.379 e. The third-order valence-electron chi connectivity index (χ3n) is 2.52. The van der Waals surface area contributed by atoms with Gasteiger partial charge < -0.3 is 4.74 Å². The van der Waals surface area contributed by atoms with Gasteiger partial charge in [-0.15, -0.1) is 5.10 Å². The molecule has 1 heterocycles. The van der Waals surface area contributed by atoms with Crippen LogP contribution in [0, 0.1) is 0 Å². The van der Waals surface area contributed by atoms with Gasteiger partial charge in [0.05, 0.1) is 17.3 Å². The monoisotopic (exact) mass is 230 g/mol. The molecular weight excluding hydrogens is 212 g/mol. The highest BCUT2D eigenvalue weighted by atomic mass is 32.1. The van der Waals surface area contributed by atoms with E-state index in [1.54, 1.807) is 7.11 Å². The number of nitrogens with one attached hydrogen (secondary N) is 1. The molecule has 0 saturated carbocycles. The quantitative estimate of drug-likeness (QED) is 0.568. The van der Waals surface area contributed by atoms with Crippen molar-refractivity contribution in [2.45, 2.75) is 38.3 Å². The Morgan fingerprint density at radius 1 is 1.67 bits per heavy atom. The van der Waals surface area contributed by atoms with Crippen molar-refractivity contribution in [2.75, 3.05) is 7.11 Å². The van der Waals surface area contributed by atoms with Gasteiger partial charge in [-0.05, 0) is 38.2 Å². The first kappa shape index (κ1) is 12.5. The zero-order chi connectivity index (χ0) is 11.3. The average molecular weight is 230 g/mol. The van der Waals surface area contributed by atoms with Crippen LogP contribution in [-0.2, 0) is 4.74 Å². The van der Waals surface area contributed by atoms with E-state index in [9.17, 15) is 0 Å². The van der Waals surface area contributed by atoms with Gasteiger partial charge in [0, 0.05) is 12.5 Å². The van der Waals surface area contributed by atoms with E-state index >= 15 is 0 Å². The Morgan fingerprint density at radius 2 is 2.40 bits per heavy atom. The summed E-state index contributed by atoms with van der Waals surface area (Å²) in [4.78, 5) is 0. The zero-order valence-electron chi connectivity index (χ0n) is 9.36. The van der Waals surface area contributed by atoms with E-state index < -0.39 is 0 Å². The molecule has 1 unspecified atom stereocenters. The number of hydrogen-bond donors (Lipinski definition) is 2. The maximum Gasteiger partial charge on any atom is 0.0938 e. The van der Waals surface area contributed by atoms with Gasteiger partial charge in [0.15, 0.2) is 0 Å². The van der Waals surface area contributed by atoms with Crippen LogP contribution < -0.4 is 11.3 Å². The summed E-state index contributed by atoms with van der Waals surface area (Å²) >= 11 is 1.33. The number of nitrogens with two attached hydrogens (primary N) is 1. The molecule has 0 aliphatic rings. The van der Waals surface area contributed by atoms with Gasteiger partial charge in [-0.25, -0.2) is 0 Å². The van der Waals surface area contributed by atoms with Crippen molar-refractivity contribution < 1.29 is 4.74 Å². The molecule has 1 aromatic rings. The van der Waals surface area contributed by atoms with Crippen LogP contribution >= 0.6 is 11.5 Å². The van der Waals surface area contributed by atoms with E-state index in [4.69, 9.17) is 10.6 Å². The lowest BCUT2D eigenvalue weighted by Gasteiger charge is -2.24. The summed E-state index contributed by atoms with van der Waals surface area (Å²) in [6, 6.07) is 0.0539. The van der Waals surface area contributed by atoms with Crippen LogP contribution in [0.2, 0.25) is 0 Å². The van der Waals surface area contributed by atoms with Crippen molar-refractivity contribution >= 4 is 11.5 Å². The standard InChI is InChI=1S/C9H18N4OS/c1-9(2,14-3)5-4-7(11-10)8-6-15-13-12-8/h6-7,11H,4-5,10H2,1-3H3. The van der Waals surface area contributed by atoms with Gasteiger partial charge in [-0.3, -0.25) is 11.3 Å². The molecule has 1 rings (SSSR count). The summed E-state index contributed by atoms with van der Waals surface area (Å²) in [5.41, 5.74) is 3.52. The number of ether oxygens (including phenoxy) is 1. The summed E-state index contributed by atoms with van der Waals surface area (Å²) < 4.78 is 9.17. The molecule has 0 aromatic carbocycles. The van der Waals surface area contributed by atoms with Crippen molar-refractivity contribution in [1.82, 2.24) is 15.0 Å². The topological polar surface area (TPSA) is 73.1 Å². The molecule has 0 bridgehead atoms. The number of methoxy groups -OCH3 is 1. The molecule has 1 atom stereocenters. The SMILES string of the molecule is COC(C)(C)CCC(NN)c1csnn1. The second-order valence-electron chi connectivity index (χ2n) is 4.05. The molecule has 6 heteroatoms. The molecular formula is C9H18N4OS. The molecule has 3 N–H and O–H groups in total. The summed E-state index contributed by atoms with van der Waals surface area (Å²) in [6.45, 7) is 4.11. The molecule has 0 saturated heterocycles. The van der Waals surface area contributed by atoms with Crippen LogP contribution in [0.25, 0.3) is 0 Å². The van der Waals surface area contributed by atoms with Crippen LogP contribution in [0.5, 0.6) is 0 Å². The first-order chi connectivity index (χ1) is 7.09. The second-order valence-corrected chi connectivity index (χ2v) is 4.66. The Morgan fingerprint density at radius 3 is 2.87 bits per heavy atom. The average Bonchev–Trinajstić information content (AvgIpc) is 2.72. The van der Waals surface area contributed by atoms with Crippen LogP contribution in [0.15, 0.2) is 5.38 Å². The minimum atomic E-state index is -0.126. The lowest BCUT2D eigenvalue weighted by Crippen LogP contribution is -2.31. The summed E-state index contributed by atoms with van der Waals surface area (Å²) in [5, 5.41) is 5.91. The maximum absolute atomic E-state index is 5.48. The highest BCUT2D eigenvalue weighted by Gasteiger charge is 2.20. The minimum Gasteiger partial charge on any atom is -0.379 e. The van der Waals surface area contributed by atoms with Gasteiger partial charge in [0.25, 0.3) is 0 Å². The molecule has 0 aliphatic heterocycles. The van der Waals surface area contributed by atoms with Crippen LogP contribution in [-0.4, -0.2) is 22.3 Å². The van der Waals surface area contributed by atoms with E-state index in [1.807, 2.05) is 5.38 Å². The number of hydrogen-bond acceptors (Lipinski definition) is 6.